The van der Waals surface area contributed by atoms with Gasteiger partial charge in [-0.1, -0.05) is 24.6 Å². The molecule has 0 radical (unpaired) electrons. The Morgan fingerprint density at radius 1 is 1.30 bits per heavy atom. The predicted octanol–water partition coefficient (Wildman–Crippen LogP) is 4.44. The number of guanidine groups is 1. The van der Waals surface area contributed by atoms with Gasteiger partial charge in [0.2, 0.25) is 0 Å². The Kier molecular flexibility index (Phi) is 10.6. The van der Waals surface area contributed by atoms with E-state index in [4.69, 9.17) is 11.6 Å². The number of nitrogens with zero attached hydrogens (tertiary/aromatic N) is 3. The van der Waals surface area contributed by atoms with Crippen molar-refractivity contribution in [1.82, 2.24) is 15.6 Å². The Morgan fingerprint density at radius 2 is 2.07 bits per heavy atom. The van der Waals surface area contributed by atoms with Crippen LogP contribution in [0.1, 0.15) is 43.2 Å². The zero-order chi connectivity index (χ0) is 20.6. The van der Waals surface area contributed by atoms with Gasteiger partial charge in [0.05, 0.1) is 10.9 Å². The van der Waals surface area contributed by atoms with Crippen molar-refractivity contribution in [2.75, 3.05) is 31.1 Å². The first-order valence-electron chi connectivity index (χ1n) is 10.2. The Labute approximate surface area is 205 Å². The molecule has 1 fully saturated rings. The number of pyridine rings is 1. The minimum absolute atomic E-state index is 0. The molecule has 1 saturated heterocycles. The number of thiophene rings is 1. The third-order valence-electron chi connectivity index (χ3n) is 5.07. The first-order valence-corrected chi connectivity index (χ1v) is 11.4. The number of hydrogen-bond donors (Lipinski definition) is 3. The van der Waals surface area contributed by atoms with Crippen LogP contribution in [0.3, 0.4) is 0 Å². The summed E-state index contributed by atoms with van der Waals surface area (Å²) >= 11 is 7.33. The third kappa shape index (κ3) is 7.55. The molecule has 1 unspecified atom stereocenters. The minimum Gasteiger partial charge on any atom is -0.386 e. The Balaban J connectivity index is 0.00000320. The maximum absolute atomic E-state index is 10.3. The number of hydrogen-bond acceptors (Lipinski definition) is 5. The molecule has 166 valence electrons. The summed E-state index contributed by atoms with van der Waals surface area (Å²) < 4.78 is 0.676. The highest BCUT2D eigenvalue weighted by atomic mass is 127. The van der Waals surface area contributed by atoms with Gasteiger partial charge < -0.3 is 20.6 Å². The number of nitrogens with one attached hydrogen (secondary N) is 2. The number of aliphatic imine (C=N–C) groups is 1. The lowest BCUT2D eigenvalue weighted by atomic mass is 9.99. The lowest BCUT2D eigenvalue weighted by Gasteiger charge is -2.31. The van der Waals surface area contributed by atoms with E-state index in [1.54, 1.807) is 6.07 Å². The Bertz CT molecular complexity index is 793. The average Bonchev–Trinajstić information content (AvgIpc) is 3.17. The molecule has 0 bridgehead atoms. The van der Waals surface area contributed by atoms with E-state index in [0.29, 0.717) is 23.4 Å². The van der Waals surface area contributed by atoms with Crippen molar-refractivity contribution < 1.29 is 5.11 Å². The van der Waals surface area contributed by atoms with Gasteiger partial charge in [-0.2, -0.15) is 0 Å². The summed E-state index contributed by atoms with van der Waals surface area (Å²) in [6, 6.07) is 7.83. The van der Waals surface area contributed by atoms with Gasteiger partial charge in [-0.05, 0) is 49.4 Å². The van der Waals surface area contributed by atoms with Crippen molar-refractivity contribution in [3.63, 3.8) is 0 Å². The van der Waals surface area contributed by atoms with Gasteiger partial charge >= 0.3 is 0 Å². The molecule has 9 heteroatoms. The van der Waals surface area contributed by atoms with Crippen LogP contribution in [0.25, 0.3) is 0 Å². The van der Waals surface area contributed by atoms with Crippen LogP contribution in [0.5, 0.6) is 0 Å². The second-order valence-corrected chi connectivity index (χ2v) is 9.17. The number of anilines is 1. The summed E-state index contributed by atoms with van der Waals surface area (Å²) in [5.41, 5.74) is 1.06. The lowest BCUT2D eigenvalue weighted by molar-refractivity contribution is 0.184. The number of aliphatic hydroxyl groups excluding tert-OH is 1. The molecule has 1 aliphatic rings. The van der Waals surface area contributed by atoms with Crippen LogP contribution in [0.15, 0.2) is 35.5 Å². The molecular formula is C21H31ClIN5OS. The Hall–Kier alpha value is -1.10. The van der Waals surface area contributed by atoms with Gasteiger partial charge in [-0.25, -0.2) is 9.98 Å². The van der Waals surface area contributed by atoms with Crippen molar-refractivity contribution in [3.8, 4) is 0 Å². The molecule has 3 rings (SSSR count). The van der Waals surface area contributed by atoms with Crippen LogP contribution in [0, 0.1) is 5.92 Å². The van der Waals surface area contributed by atoms with Crippen LogP contribution < -0.4 is 15.5 Å². The lowest BCUT2D eigenvalue weighted by Crippen LogP contribution is -2.39. The largest absolute Gasteiger partial charge is 0.386 e. The molecule has 0 aromatic carbocycles. The molecule has 0 amide bonds. The van der Waals surface area contributed by atoms with Gasteiger partial charge in [0.25, 0.3) is 0 Å². The molecular weight excluding hydrogens is 533 g/mol. The molecule has 3 heterocycles. The van der Waals surface area contributed by atoms with Crippen molar-refractivity contribution in [1.29, 1.82) is 0 Å². The maximum atomic E-state index is 10.3. The standard InChI is InChI=1S/C21H30ClN5OS.HI/c1-3-23-21(26-14-17(28)18-5-6-19(22)29-18)25-13-16-4-7-20(24-12-16)27-10-8-15(2)9-11-27;/h4-7,12,15,17,28H,3,8-11,13-14H2,1-2H3,(H2,23,25,26);1H. The summed E-state index contributed by atoms with van der Waals surface area (Å²) in [6.45, 7) is 8.14. The van der Waals surface area contributed by atoms with Crippen LogP contribution in [0.4, 0.5) is 5.82 Å². The normalized spacial score (nSPS) is 16.1. The fraction of sp³-hybridized carbons (Fsp3) is 0.524. The smallest absolute Gasteiger partial charge is 0.191 e. The number of aliphatic hydroxyl groups is 1. The van der Waals surface area contributed by atoms with Gasteiger partial charge in [-0.15, -0.1) is 35.3 Å². The van der Waals surface area contributed by atoms with E-state index in [9.17, 15) is 5.11 Å². The van der Waals surface area contributed by atoms with Gasteiger partial charge in [0.1, 0.15) is 11.9 Å². The van der Waals surface area contributed by atoms with Gasteiger partial charge in [0, 0.05) is 37.3 Å². The molecule has 6 nitrogen and oxygen atoms in total. The number of halogens is 2. The van der Waals surface area contributed by atoms with Crippen LogP contribution in [0.2, 0.25) is 4.34 Å². The van der Waals surface area contributed by atoms with E-state index in [1.807, 2.05) is 19.2 Å². The van der Waals surface area contributed by atoms with Crippen molar-refractivity contribution in [2.24, 2.45) is 10.9 Å². The van der Waals surface area contributed by atoms with Crippen LogP contribution >= 0.6 is 46.9 Å². The van der Waals surface area contributed by atoms with Crippen LogP contribution in [-0.2, 0) is 6.54 Å². The van der Waals surface area contributed by atoms with E-state index < -0.39 is 6.10 Å². The number of piperidine rings is 1. The SMILES string of the molecule is CCNC(=NCc1ccc(N2CCC(C)CC2)nc1)NCC(O)c1ccc(Cl)s1.I. The topological polar surface area (TPSA) is 72.8 Å². The molecule has 30 heavy (non-hydrogen) atoms. The molecule has 0 spiro atoms. The number of aromatic nitrogens is 1. The molecule has 1 aliphatic heterocycles. The van der Waals surface area contributed by atoms with Crippen molar-refractivity contribution >= 4 is 58.7 Å². The molecule has 3 N–H and O–H groups in total. The molecule has 1 atom stereocenters. The monoisotopic (exact) mass is 563 g/mol. The van der Waals surface area contributed by atoms with E-state index in [-0.39, 0.29) is 24.0 Å². The fourth-order valence-corrected chi connectivity index (χ4v) is 4.30. The first-order chi connectivity index (χ1) is 14.0. The highest BCUT2D eigenvalue weighted by Gasteiger charge is 2.16. The molecule has 0 saturated carbocycles. The second kappa shape index (κ2) is 12.7. The summed E-state index contributed by atoms with van der Waals surface area (Å²) in [6.07, 6.45) is 3.75. The summed E-state index contributed by atoms with van der Waals surface area (Å²) in [4.78, 5) is 12.4. The zero-order valence-electron chi connectivity index (χ0n) is 17.5. The van der Waals surface area contributed by atoms with E-state index >= 15 is 0 Å². The highest BCUT2D eigenvalue weighted by molar-refractivity contribution is 14.0. The summed E-state index contributed by atoms with van der Waals surface area (Å²) in [5, 5.41) is 16.7. The molecule has 0 aliphatic carbocycles. The first kappa shape index (κ1) is 25.2. The summed E-state index contributed by atoms with van der Waals surface area (Å²) in [7, 11) is 0. The third-order valence-corrected chi connectivity index (χ3v) is 6.40. The van der Waals surface area contributed by atoms with Crippen LogP contribution in [-0.4, -0.2) is 42.2 Å². The molecule has 2 aromatic rings. The highest BCUT2D eigenvalue weighted by Crippen LogP contribution is 2.26. The van der Waals surface area contributed by atoms with Crippen molar-refractivity contribution in [2.45, 2.75) is 39.3 Å². The van der Waals surface area contributed by atoms with E-state index in [0.717, 1.165) is 41.8 Å². The molecule has 2 aromatic heterocycles. The van der Waals surface area contributed by atoms with Gasteiger partial charge in [0.15, 0.2) is 5.96 Å². The zero-order valence-corrected chi connectivity index (χ0v) is 21.4. The average molecular weight is 564 g/mol. The second-order valence-electron chi connectivity index (χ2n) is 7.43. The number of rotatable bonds is 7. The quantitative estimate of drug-likeness (QED) is 0.264. The minimum atomic E-state index is -0.621. The van der Waals surface area contributed by atoms with Gasteiger partial charge in [-0.3, -0.25) is 0 Å². The maximum Gasteiger partial charge on any atom is 0.191 e. The predicted molar refractivity (Wildman–Crippen MR) is 137 cm³/mol. The summed E-state index contributed by atoms with van der Waals surface area (Å²) in [5.74, 6) is 2.53. The Morgan fingerprint density at radius 3 is 2.67 bits per heavy atom. The van der Waals surface area contributed by atoms with Crippen molar-refractivity contribution in [3.05, 3.63) is 45.2 Å². The van der Waals surface area contributed by atoms with E-state index in [2.05, 4.69) is 44.6 Å². The fourth-order valence-electron chi connectivity index (χ4n) is 3.25. The van der Waals surface area contributed by atoms with E-state index in [1.165, 1.54) is 24.2 Å².